The maximum absolute atomic E-state index is 4.31. The van der Waals surface area contributed by atoms with Crippen LogP contribution in [0.2, 0.25) is 0 Å². The van der Waals surface area contributed by atoms with E-state index in [1.807, 2.05) is 66.7 Å². The van der Waals surface area contributed by atoms with Crippen LogP contribution in [-0.2, 0) is 0 Å². The van der Waals surface area contributed by atoms with E-state index in [1.165, 1.54) is 5.56 Å². The molecule has 0 unspecified atom stereocenters. The Hall–Kier alpha value is -3.05. The highest BCUT2D eigenvalue weighted by molar-refractivity contribution is 5.63. The molecular weight excluding hydrogens is 268 g/mol. The molecule has 1 N–H and O–H groups in total. The van der Waals surface area contributed by atoms with Gasteiger partial charge in [-0.2, -0.15) is 5.10 Å². The Balaban J connectivity index is 1.73. The molecule has 2 aromatic carbocycles. The van der Waals surface area contributed by atoms with Crippen molar-refractivity contribution in [1.29, 1.82) is 0 Å². The minimum absolute atomic E-state index is 0.937. The van der Waals surface area contributed by atoms with Crippen LogP contribution in [-0.4, -0.2) is 10.2 Å². The van der Waals surface area contributed by atoms with Gasteiger partial charge >= 0.3 is 0 Å². The van der Waals surface area contributed by atoms with Gasteiger partial charge < -0.3 is 0 Å². The topological polar surface area (TPSA) is 28.7 Å². The normalized spacial score (nSPS) is 10.4. The first-order valence-electron chi connectivity index (χ1n) is 7.17. The van der Waals surface area contributed by atoms with Crippen molar-refractivity contribution in [2.45, 2.75) is 6.92 Å². The molecular formula is C20H16N2. The number of allylic oxidation sites excluding steroid dienone is 1. The molecule has 0 spiro atoms. The summed E-state index contributed by atoms with van der Waals surface area (Å²) in [4.78, 5) is 0. The second kappa shape index (κ2) is 6.60. The van der Waals surface area contributed by atoms with Gasteiger partial charge in [0, 0.05) is 11.1 Å². The molecule has 0 atom stereocenters. The van der Waals surface area contributed by atoms with Crippen LogP contribution in [0.1, 0.15) is 16.8 Å². The number of nitrogens with zero attached hydrogens (tertiary/aromatic N) is 1. The minimum atomic E-state index is 0.937. The maximum atomic E-state index is 4.31. The van der Waals surface area contributed by atoms with Crippen molar-refractivity contribution < 1.29 is 0 Å². The van der Waals surface area contributed by atoms with E-state index in [-0.39, 0.29) is 0 Å². The molecule has 0 bridgehead atoms. The van der Waals surface area contributed by atoms with E-state index in [0.717, 1.165) is 22.5 Å². The molecule has 3 aromatic rings. The van der Waals surface area contributed by atoms with Crippen molar-refractivity contribution in [2.75, 3.05) is 0 Å². The quantitative estimate of drug-likeness (QED) is 0.692. The molecule has 3 rings (SSSR count). The van der Waals surface area contributed by atoms with Gasteiger partial charge in [0.25, 0.3) is 0 Å². The number of rotatable bonds is 2. The predicted molar refractivity (Wildman–Crippen MR) is 91.1 cm³/mol. The maximum Gasteiger partial charge on any atom is 0.0926 e. The number of aromatic amines is 1. The molecule has 0 saturated carbocycles. The Kier molecular flexibility index (Phi) is 4.17. The molecule has 0 saturated heterocycles. The first-order chi connectivity index (χ1) is 10.8. The number of benzene rings is 2. The summed E-state index contributed by atoms with van der Waals surface area (Å²) in [5.74, 6) is 6.21. The van der Waals surface area contributed by atoms with Crippen molar-refractivity contribution in [3.63, 3.8) is 0 Å². The smallest absolute Gasteiger partial charge is 0.0926 e. The SMILES string of the molecule is Cc1ccccc1C#C/C=C\c1cc(-c2ccccc2)n[nH]1. The monoisotopic (exact) mass is 284 g/mol. The predicted octanol–water partition coefficient (Wildman–Crippen LogP) is 4.45. The largest absolute Gasteiger partial charge is 0.278 e. The van der Waals surface area contributed by atoms with Crippen molar-refractivity contribution >= 4 is 6.08 Å². The van der Waals surface area contributed by atoms with Crippen molar-refractivity contribution in [3.8, 4) is 23.1 Å². The summed E-state index contributed by atoms with van der Waals surface area (Å²) >= 11 is 0. The summed E-state index contributed by atoms with van der Waals surface area (Å²) in [6, 6.07) is 20.2. The van der Waals surface area contributed by atoms with Crippen LogP contribution in [0.25, 0.3) is 17.3 Å². The van der Waals surface area contributed by atoms with Crippen LogP contribution in [0, 0.1) is 18.8 Å². The Bertz CT molecular complexity index is 846. The van der Waals surface area contributed by atoms with Crippen LogP contribution in [0.4, 0.5) is 0 Å². The fourth-order valence-electron chi connectivity index (χ4n) is 2.14. The molecule has 1 heterocycles. The third kappa shape index (κ3) is 3.34. The highest BCUT2D eigenvalue weighted by atomic mass is 15.1. The molecule has 106 valence electrons. The Morgan fingerprint density at radius 2 is 1.77 bits per heavy atom. The van der Waals surface area contributed by atoms with Gasteiger partial charge in [0.1, 0.15) is 0 Å². The average molecular weight is 284 g/mol. The van der Waals surface area contributed by atoms with E-state index in [9.17, 15) is 0 Å². The van der Waals surface area contributed by atoms with Gasteiger partial charge in [-0.1, -0.05) is 60.4 Å². The summed E-state index contributed by atoms with van der Waals surface area (Å²) in [5, 5.41) is 7.32. The fraction of sp³-hybridized carbons (Fsp3) is 0.0500. The fourth-order valence-corrected chi connectivity index (χ4v) is 2.14. The van der Waals surface area contributed by atoms with E-state index in [0.29, 0.717) is 0 Å². The third-order valence-electron chi connectivity index (χ3n) is 3.37. The van der Waals surface area contributed by atoms with Crippen LogP contribution < -0.4 is 0 Å². The highest BCUT2D eigenvalue weighted by Gasteiger charge is 2.00. The standard InChI is InChI=1S/C20H16N2/c1-16-9-5-6-10-17(16)11-7-8-14-19-15-20(22-21-19)18-12-3-2-4-13-18/h2-6,8-10,12-15H,1H3,(H,21,22)/b14-8-. The number of aryl methyl sites for hydroxylation is 1. The molecule has 22 heavy (non-hydrogen) atoms. The summed E-state index contributed by atoms with van der Waals surface area (Å²) in [6.45, 7) is 2.06. The summed E-state index contributed by atoms with van der Waals surface area (Å²) in [5.41, 5.74) is 5.23. The Labute approximate surface area is 130 Å². The minimum Gasteiger partial charge on any atom is -0.278 e. The summed E-state index contributed by atoms with van der Waals surface area (Å²) in [6.07, 6.45) is 3.78. The highest BCUT2D eigenvalue weighted by Crippen LogP contribution is 2.17. The molecule has 0 aliphatic rings. The van der Waals surface area contributed by atoms with Crippen LogP contribution in [0.3, 0.4) is 0 Å². The van der Waals surface area contributed by atoms with Crippen LogP contribution >= 0.6 is 0 Å². The number of hydrogen-bond acceptors (Lipinski definition) is 1. The van der Waals surface area contributed by atoms with Crippen LogP contribution in [0.15, 0.2) is 66.7 Å². The van der Waals surface area contributed by atoms with E-state index < -0.39 is 0 Å². The summed E-state index contributed by atoms with van der Waals surface area (Å²) < 4.78 is 0. The Morgan fingerprint density at radius 3 is 2.59 bits per heavy atom. The van der Waals surface area contributed by atoms with Gasteiger partial charge in [-0.25, -0.2) is 0 Å². The zero-order valence-corrected chi connectivity index (χ0v) is 12.4. The van der Waals surface area contributed by atoms with Gasteiger partial charge in [0.15, 0.2) is 0 Å². The molecule has 0 aliphatic carbocycles. The lowest BCUT2D eigenvalue weighted by Crippen LogP contribution is -1.78. The number of aromatic nitrogens is 2. The first-order valence-corrected chi connectivity index (χ1v) is 7.17. The van der Waals surface area contributed by atoms with Gasteiger partial charge in [-0.3, -0.25) is 5.10 Å². The lowest BCUT2D eigenvalue weighted by atomic mass is 10.1. The van der Waals surface area contributed by atoms with Gasteiger partial charge in [-0.15, -0.1) is 0 Å². The van der Waals surface area contributed by atoms with Gasteiger partial charge in [0.05, 0.1) is 11.4 Å². The lowest BCUT2D eigenvalue weighted by molar-refractivity contribution is 1.08. The van der Waals surface area contributed by atoms with E-state index in [4.69, 9.17) is 0 Å². The van der Waals surface area contributed by atoms with Crippen molar-refractivity contribution in [2.24, 2.45) is 0 Å². The van der Waals surface area contributed by atoms with Gasteiger partial charge in [0.2, 0.25) is 0 Å². The third-order valence-corrected chi connectivity index (χ3v) is 3.37. The average Bonchev–Trinajstić information content (AvgIpc) is 3.03. The molecule has 2 nitrogen and oxygen atoms in total. The molecule has 2 heteroatoms. The lowest BCUT2D eigenvalue weighted by Gasteiger charge is -1.93. The number of hydrogen-bond donors (Lipinski definition) is 1. The van der Waals surface area contributed by atoms with Crippen molar-refractivity contribution in [1.82, 2.24) is 10.2 Å². The zero-order chi connectivity index (χ0) is 15.2. The number of nitrogens with one attached hydrogen (secondary N) is 1. The molecule has 1 aromatic heterocycles. The zero-order valence-electron chi connectivity index (χ0n) is 12.4. The van der Waals surface area contributed by atoms with Crippen molar-refractivity contribution in [3.05, 3.63) is 83.6 Å². The first kappa shape index (κ1) is 13.9. The second-order valence-corrected chi connectivity index (χ2v) is 4.99. The summed E-state index contributed by atoms with van der Waals surface area (Å²) in [7, 11) is 0. The Morgan fingerprint density at radius 1 is 1.00 bits per heavy atom. The second-order valence-electron chi connectivity index (χ2n) is 4.99. The van der Waals surface area contributed by atoms with E-state index in [2.05, 4.69) is 35.0 Å². The molecule has 0 fully saturated rings. The molecule has 0 radical (unpaired) electrons. The van der Waals surface area contributed by atoms with Crippen LogP contribution in [0.5, 0.6) is 0 Å². The molecule has 0 aliphatic heterocycles. The number of H-pyrrole nitrogens is 1. The van der Waals surface area contributed by atoms with Gasteiger partial charge in [-0.05, 0) is 36.8 Å². The molecule has 0 amide bonds. The van der Waals surface area contributed by atoms with E-state index >= 15 is 0 Å². The van der Waals surface area contributed by atoms with E-state index in [1.54, 1.807) is 0 Å².